The Morgan fingerprint density at radius 1 is 1.26 bits per heavy atom. The highest BCUT2D eigenvalue weighted by molar-refractivity contribution is 5.67. The lowest BCUT2D eigenvalue weighted by Gasteiger charge is -2.22. The maximum atomic E-state index is 11.7. The van der Waals surface area contributed by atoms with Crippen LogP contribution < -0.4 is 5.32 Å². The van der Waals surface area contributed by atoms with Crippen LogP contribution in [0.1, 0.15) is 32.8 Å². The lowest BCUT2D eigenvalue weighted by atomic mass is 10.0. The zero-order chi connectivity index (χ0) is 14.3. The summed E-state index contributed by atoms with van der Waals surface area (Å²) in [6.45, 7) is 6.00. The number of benzene rings is 1. The topological polar surface area (TPSA) is 58.6 Å². The highest BCUT2D eigenvalue weighted by Gasteiger charge is 2.19. The van der Waals surface area contributed by atoms with E-state index >= 15 is 0 Å². The predicted molar refractivity (Wildman–Crippen MR) is 74.7 cm³/mol. The van der Waals surface area contributed by atoms with E-state index in [1.54, 1.807) is 6.92 Å². The molecule has 1 aromatic rings. The van der Waals surface area contributed by atoms with Gasteiger partial charge in [0, 0.05) is 0 Å². The van der Waals surface area contributed by atoms with Gasteiger partial charge in [-0.1, -0.05) is 44.2 Å². The SMILES string of the molecule is CC(C)CC(NC(=O)OCc1ccccc1)[C@H](C)O. The van der Waals surface area contributed by atoms with Crippen molar-refractivity contribution in [3.8, 4) is 0 Å². The summed E-state index contributed by atoms with van der Waals surface area (Å²) in [6, 6.07) is 9.22. The van der Waals surface area contributed by atoms with E-state index in [4.69, 9.17) is 4.74 Å². The van der Waals surface area contributed by atoms with Gasteiger partial charge >= 0.3 is 6.09 Å². The second kappa shape index (κ2) is 7.79. The lowest BCUT2D eigenvalue weighted by molar-refractivity contribution is 0.103. The van der Waals surface area contributed by atoms with Crippen molar-refractivity contribution < 1.29 is 14.6 Å². The number of aliphatic hydroxyl groups excluding tert-OH is 1. The molecule has 0 saturated heterocycles. The van der Waals surface area contributed by atoms with Crippen LogP contribution in [0.25, 0.3) is 0 Å². The van der Waals surface area contributed by atoms with Crippen molar-refractivity contribution in [2.24, 2.45) is 5.92 Å². The molecule has 0 aliphatic heterocycles. The summed E-state index contributed by atoms with van der Waals surface area (Å²) < 4.78 is 5.13. The first-order valence-electron chi connectivity index (χ1n) is 6.64. The average Bonchev–Trinajstić information content (AvgIpc) is 2.36. The van der Waals surface area contributed by atoms with E-state index < -0.39 is 12.2 Å². The van der Waals surface area contributed by atoms with E-state index in [1.165, 1.54) is 0 Å². The minimum absolute atomic E-state index is 0.237. The third kappa shape index (κ3) is 6.25. The molecule has 4 heteroatoms. The summed E-state index contributed by atoms with van der Waals surface area (Å²) in [5, 5.41) is 12.3. The van der Waals surface area contributed by atoms with Crippen LogP contribution in [-0.4, -0.2) is 23.3 Å². The van der Waals surface area contributed by atoms with Gasteiger partial charge in [0.15, 0.2) is 0 Å². The molecule has 0 spiro atoms. The van der Waals surface area contributed by atoms with E-state index in [2.05, 4.69) is 5.32 Å². The normalized spacial score (nSPS) is 13.9. The number of nitrogens with one attached hydrogen (secondary N) is 1. The van der Waals surface area contributed by atoms with Gasteiger partial charge in [-0.05, 0) is 24.8 Å². The van der Waals surface area contributed by atoms with E-state index in [-0.39, 0.29) is 12.6 Å². The Bertz CT molecular complexity index is 376. The Morgan fingerprint density at radius 2 is 1.89 bits per heavy atom. The number of rotatable bonds is 6. The van der Waals surface area contributed by atoms with Gasteiger partial charge in [-0.3, -0.25) is 0 Å². The van der Waals surface area contributed by atoms with Gasteiger partial charge in [-0.25, -0.2) is 4.79 Å². The van der Waals surface area contributed by atoms with Crippen molar-refractivity contribution in [3.63, 3.8) is 0 Å². The second-order valence-corrected chi connectivity index (χ2v) is 5.18. The molecule has 1 amide bonds. The molecule has 0 saturated carbocycles. The first-order valence-corrected chi connectivity index (χ1v) is 6.64. The number of carbonyl (C=O) groups excluding carboxylic acids is 1. The summed E-state index contributed by atoms with van der Waals surface area (Å²) in [5.41, 5.74) is 0.940. The van der Waals surface area contributed by atoms with E-state index in [0.29, 0.717) is 5.92 Å². The van der Waals surface area contributed by atoms with Gasteiger partial charge < -0.3 is 15.2 Å². The Labute approximate surface area is 114 Å². The molecule has 0 fully saturated rings. The first-order chi connectivity index (χ1) is 8.99. The van der Waals surface area contributed by atoms with Crippen molar-refractivity contribution in [2.75, 3.05) is 0 Å². The molecule has 1 aromatic carbocycles. The van der Waals surface area contributed by atoms with E-state index in [0.717, 1.165) is 12.0 Å². The molecule has 0 aromatic heterocycles. The fourth-order valence-electron chi connectivity index (χ4n) is 1.80. The lowest BCUT2D eigenvalue weighted by Crippen LogP contribution is -2.43. The molecule has 2 atom stereocenters. The summed E-state index contributed by atoms with van der Waals surface area (Å²) in [4.78, 5) is 11.7. The number of hydrogen-bond donors (Lipinski definition) is 2. The Balaban J connectivity index is 2.40. The maximum absolute atomic E-state index is 11.7. The molecular formula is C15H23NO3. The summed E-state index contributed by atoms with van der Waals surface area (Å²) in [5.74, 6) is 0.397. The van der Waals surface area contributed by atoms with Crippen molar-refractivity contribution in [2.45, 2.75) is 45.9 Å². The zero-order valence-electron chi connectivity index (χ0n) is 11.8. The molecule has 0 aliphatic carbocycles. The molecule has 19 heavy (non-hydrogen) atoms. The van der Waals surface area contributed by atoms with E-state index in [9.17, 15) is 9.90 Å². The van der Waals surface area contributed by atoms with Crippen LogP contribution in [0.3, 0.4) is 0 Å². The Kier molecular flexibility index (Phi) is 6.36. The number of hydrogen-bond acceptors (Lipinski definition) is 3. The number of amides is 1. The van der Waals surface area contributed by atoms with Gasteiger partial charge in [-0.15, -0.1) is 0 Å². The fraction of sp³-hybridized carbons (Fsp3) is 0.533. The molecule has 0 bridgehead atoms. The minimum Gasteiger partial charge on any atom is -0.445 e. The molecule has 106 valence electrons. The molecular weight excluding hydrogens is 242 g/mol. The van der Waals surface area contributed by atoms with Gasteiger partial charge in [0.1, 0.15) is 6.61 Å². The number of carbonyl (C=O) groups is 1. The van der Waals surface area contributed by atoms with Crippen LogP contribution in [-0.2, 0) is 11.3 Å². The number of ether oxygens (including phenoxy) is 1. The zero-order valence-corrected chi connectivity index (χ0v) is 11.8. The third-order valence-electron chi connectivity index (χ3n) is 2.82. The summed E-state index contributed by atoms with van der Waals surface area (Å²) >= 11 is 0. The van der Waals surface area contributed by atoms with E-state index in [1.807, 2.05) is 44.2 Å². The molecule has 4 nitrogen and oxygen atoms in total. The summed E-state index contributed by atoms with van der Waals surface area (Å²) in [7, 11) is 0. The fourth-order valence-corrected chi connectivity index (χ4v) is 1.80. The van der Waals surface area contributed by atoms with Crippen molar-refractivity contribution in [1.82, 2.24) is 5.32 Å². The second-order valence-electron chi connectivity index (χ2n) is 5.18. The standard InChI is InChI=1S/C15H23NO3/c1-11(2)9-14(12(3)17)16-15(18)19-10-13-7-5-4-6-8-13/h4-8,11-12,14,17H,9-10H2,1-3H3,(H,16,18)/t12-,14?/m0/s1. The van der Waals surface area contributed by atoms with Crippen LogP contribution in [0.4, 0.5) is 4.79 Å². The van der Waals surface area contributed by atoms with Gasteiger partial charge in [0.05, 0.1) is 12.1 Å². The molecule has 1 unspecified atom stereocenters. The Morgan fingerprint density at radius 3 is 2.42 bits per heavy atom. The van der Waals surface area contributed by atoms with Crippen LogP contribution in [0, 0.1) is 5.92 Å². The largest absolute Gasteiger partial charge is 0.445 e. The van der Waals surface area contributed by atoms with Crippen molar-refractivity contribution >= 4 is 6.09 Å². The average molecular weight is 265 g/mol. The minimum atomic E-state index is -0.591. The smallest absolute Gasteiger partial charge is 0.407 e. The maximum Gasteiger partial charge on any atom is 0.407 e. The Hall–Kier alpha value is -1.55. The number of alkyl carbamates (subject to hydrolysis) is 1. The predicted octanol–water partition coefficient (Wildman–Crippen LogP) is 2.71. The van der Waals surface area contributed by atoms with Crippen LogP contribution in [0.5, 0.6) is 0 Å². The van der Waals surface area contributed by atoms with Crippen molar-refractivity contribution in [3.05, 3.63) is 35.9 Å². The first kappa shape index (κ1) is 15.5. The summed E-state index contributed by atoms with van der Waals surface area (Å²) in [6.07, 6.45) is -0.361. The molecule has 2 N–H and O–H groups in total. The number of aliphatic hydroxyl groups is 1. The highest BCUT2D eigenvalue weighted by atomic mass is 16.5. The van der Waals surface area contributed by atoms with Gasteiger partial charge in [0.2, 0.25) is 0 Å². The quantitative estimate of drug-likeness (QED) is 0.831. The van der Waals surface area contributed by atoms with Crippen LogP contribution >= 0.6 is 0 Å². The molecule has 1 rings (SSSR count). The van der Waals surface area contributed by atoms with Gasteiger partial charge in [-0.2, -0.15) is 0 Å². The molecule has 0 aliphatic rings. The monoisotopic (exact) mass is 265 g/mol. The molecule has 0 radical (unpaired) electrons. The van der Waals surface area contributed by atoms with Crippen LogP contribution in [0.15, 0.2) is 30.3 Å². The third-order valence-corrected chi connectivity index (χ3v) is 2.82. The molecule has 0 heterocycles. The highest BCUT2D eigenvalue weighted by Crippen LogP contribution is 2.09. The van der Waals surface area contributed by atoms with Crippen LogP contribution in [0.2, 0.25) is 0 Å². The van der Waals surface area contributed by atoms with Crippen molar-refractivity contribution in [1.29, 1.82) is 0 Å². The van der Waals surface area contributed by atoms with Gasteiger partial charge in [0.25, 0.3) is 0 Å².